The van der Waals surface area contributed by atoms with Gasteiger partial charge in [-0.15, -0.1) is 23.5 Å². The normalized spacial score (nSPS) is 15.0. The van der Waals surface area contributed by atoms with E-state index < -0.39 is 10.0 Å². The van der Waals surface area contributed by atoms with Gasteiger partial charge in [0.05, 0.1) is 24.3 Å². The van der Waals surface area contributed by atoms with Gasteiger partial charge in [-0.1, -0.05) is 30.7 Å². The van der Waals surface area contributed by atoms with E-state index in [1.807, 2.05) is 25.1 Å². The Bertz CT molecular complexity index is 995. The van der Waals surface area contributed by atoms with Gasteiger partial charge in [0.25, 0.3) is 5.91 Å². The van der Waals surface area contributed by atoms with Gasteiger partial charge in [0.15, 0.2) is 4.08 Å². The number of carbonyl (C=O) groups excluding carboxylic acids is 1. The molecule has 1 aliphatic rings. The topological polar surface area (TPSA) is 84.9 Å². The maximum absolute atomic E-state index is 12.7. The van der Waals surface area contributed by atoms with Crippen LogP contribution in [0.5, 0.6) is 11.5 Å². The summed E-state index contributed by atoms with van der Waals surface area (Å²) >= 11 is 9.28. The molecule has 0 aliphatic carbocycles. The van der Waals surface area contributed by atoms with E-state index in [0.29, 0.717) is 35.1 Å². The van der Waals surface area contributed by atoms with Crippen molar-refractivity contribution in [1.82, 2.24) is 5.32 Å². The second kappa shape index (κ2) is 11.9. The molecule has 1 aliphatic heterocycles. The Balaban J connectivity index is 1.72. The molecule has 9 heteroatoms. The molecule has 0 radical (unpaired) electrons. The minimum Gasteiger partial charge on any atom is -0.496 e. The molecule has 2 N–H and O–H groups in total. The van der Waals surface area contributed by atoms with Crippen LogP contribution in [0.25, 0.3) is 0 Å². The summed E-state index contributed by atoms with van der Waals surface area (Å²) in [6.07, 6.45) is 2.29. The fourth-order valence-corrected chi connectivity index (χ4v) is 6.78. The molecule has 1 fully saturated rings. The van der Waals surface area contributed by atoms with Crippen LogP contribution in [0.4, 0.5) is 0 Å². The van der Waals surface area contributed by atoms with Crippen molar-refractivity contribution in [3.8, 4) is 11.5 Å². The number of halogens is 1. The predicted octanol–water partition coefficient (Wildman–Crippen LogP) is 5.26. The summed E-state index contributed by atoms with van der Waals surface area (Å²) in [7, 11) is 1.57. The first-order valence-corrected chi connectivity index (χ1v) is 13.1. The van der Waals surface area contributed by atoms with E-state index in [9.17, 15) is 14.7 Å². The molecule has 0 saturated carbocycles. The molecular formula is C24H28ClNO5S2. The maximum atomic E-state index is 12.7. The third kappa shape index (κ3) is 6.52. The van der Waals surface area contributed by atoms with Gasteiger partial charge in [0.2, 0.25) is 0 Å². The van der Waals surface area contributed by atoms with Crippen molar-refractivity contribution in [2.45, 2.75) is 36.8 Å². The Morgan fingerprint density at radius 1 is 1.18 bits per heavy atom. The molecular weight excluding hydrogens is 482 g/mol. The number of amides is 1. The minimum atomic E-state index is -0.886. The minimum absolute atomic E-state index is 0.223. The number of aliphatic carboxylic acids is 1. The van der Waals surface area contributed by atoms with Crippen LogP contribution in [0.3, 0.4) is 0 Å². The number of thioether (sulfide) groups is 2. The van der Waals surface area contributed by atoms with Crippen LogP contribution in [0.15, 0.2) is 36.4 Å². The van der Waals surface area contributed by atoms with E-state index in [0.717, 1.165) is 35.5 Å². The molecule has 0 unspecified atom stereocenters. The lowest BCUT2D eigenvalue weighted by atomic mass is 10.0. The molecule has 1 saturated heterocycles. The third-order valence-electron chi connectivity index (χ3n) is 5.16. The highest BCUT2D eigenvalue weighted by molar-refractivity contribution is 8.19. The molecule has 33 heavy (non-hydrogen) atoms. The van der Waals surface area contributed by atoms with E-state index in [-0.39, 0.29) is 12.5 Å². The van der Waals surface area contributed by atoms with Crippen LogP contribution in [-0.2, 0) is 17.8 Å². The zero-order valence-corrected chi connectivity index (χ0v) is 21.1. The number of carbonyl (C=O) groups is 2. The second-order valence-electron chi connectivity index (χ2n) is 7.60. The quantitative estimate of drug-likeness (QED) is 0.451. The highest BCUT2D eigenvalue weighted by Crippen LogP contribution is 2.45. The van der Waals surface area contributed by atoms with E-state index in [2.05, 4.69) is 5.32 Å². The molecule has 2 aromatic carbocycles. The number of hydrogen-bond acceptors (Lipinski definition) is 6. The van der Waals surface area contributed by atoms with E-state index >= 15 is 0 Å². The summed E-state index contributed by atoms with van der Waals surface area (Å²) in [4.78, 5) is 24.8. The Morgan fingerprint density at radius 2 is 1.94 bits per heavy atom. The van der Waals surface area contributed by atoms with E-state index in [4.69, 9.17) is 21.1 Å². The Labute approximate surface area is 207 Å². The number of benzene rings is 2. The van der Waals surface area contributed by atoms with Crippen molar-refractivity contribution in [3.63, 3.8) is 0 Å². The maximum Gasteiger partial charge on any atom is 0.330 e. The Kier molecular flexibility index (Phi) is 9.23. The zero-order valence-electron chi connectivity index (χ0n) is 18.7. The van der Waals surface area contributed by atoms with Crippen LogP contribution in [0.2, 0.25) is 5.02 Å². The van der Waals surface area contributed by atoms with Gasteiger partial charge in [-0.3, -0.25) is 4.79 Å². The van der Waals surface area contributed by atoms with Crippen LogP contribution < -0.4 is 14.8 Å². The van der Waals surface area contributed by atoms with Crippen molar-refractivity contribution >= 4 is 47.0 Å². The molecule has 0 aromatic heterocycles. The fraction of sp³-hybridized carbons (Fsp3) is 0.417. The molecule has 0 spiro atoms. The summed E-state index contributed by atoms with van der Waals surface area (Å²) in [5, 5.41) is 13.1. The predicted molar refractivity (Wildman–Crippen MR) is 135 cm³/mol. The van der Waals surface area contributed by atoms with Gasteiger partial charge in [-0.2, -0.15) is 0 Å². The lowest BCUT2D eigenvalue weighted by Crippen LogP contribution is -2.37. The fourth-order valence-electron chi connectivity index (χ4n) is 3.48. The van der Waals surface area contributed by atoms with Crippen molar-refractivity contribution in [3.05, 3.63) is 58.1 Å². The number of rotatable bonds is 10. The lowest BCUT2D eigenvalue weighted by molar-refractivity contribution is -0.137. The highest BCUT2D eigenvalue weighted by Gasteiger charge is 2.41. The van der Waals surface area contributed by atoms with Crippen LogP contribution in [0.1, 0.15) is 41.3 Å². The number of carboxylic acids is 1. The Hall–Kier alpha value is -2.03. The zero-order chi connectivity index (χ0) is 23.8. The van der Waals surface area contributed by atoms with Gasteiger partial charge in [0.1, 0.15) is 11.5 Å². The summed E-state index contributed by atoms with van der Waals surface area (Å²) in [5.74, 6) is 1.81. The molecule has 6 nitrogen and oxygen atoms in total. The van der Waals surface area contributed by atoms with Crippen molar-refractivity contribution in [1.29, 1.82) is 0 Å². The number of methoxy groups -OCH3 is 1. The first-order chi connectivity index (χ1) is 15.9. The van der Waals surface area contributed by atoms with Gasteiger partial charge in [-0.05, 0) is 54.2 Å². The Morgan fingerprint density at radius 3 is 2.58 bits per heavy atom. The van der Waals surface area contributed by atoms with Crippen LogP contribution >= 0.6 is 35.1 Å². The molecule has 178 valence electrons. The number of nitrogens with one attached hydrogen (secondary N) is 1. The highest BCUT2D eigenvalue weighted by atomic mass is 35.5. The molecule has 2 aromatic rings. The number of hydrogen-bond donors (Lipinski definition) is 2. The third-order valence-corrected chi connectivity index (χ3v) is 8.74. The van der Waals surface area contributed by atoms with E-state index in [1.165, 1.54) is 23.5 Å². The summed E-state index contributed by atoms with van der Waals surface area (Å²) in [6, 6.07) is 10.6. The summed E-state index contributed by atoms with van der Waals surface area (Å²) in [5.41, 5.74) is 2.02. The second-order valence-corrected chi connectivity index (χ2v) is 11.1. The number of carboxylic acid groups (broad SMARTS) is 1. The standard InChI is InChI=1S/C24H28ClNO5S2/c1-3-9-31-18-6-7-19(20(25)13-18)22(27)26-15-17-12-16(5-8-21(17)30-2)14-24(23(28)29)32-10-4-11-33-24/h5-8,12-13H,3-4,9-11,14-15H2,1-2H3,(H,26,27)(H,28,29). The molecule has 3 rings (SSSR count). The lowest BCUT2D eigenvalue weighted by Gasteiger charge is -2.32. The average molecular weight is 510 g/mol. The molecule has 0 bridgehead atoms. The first-order valence-electron chi connectivity index (χ1n) is 10.8. The largest absolute Gasteiger partial charge is 0.496 e. The molecule has 1 heterocycles. The van der Waals surface area contributed by atoms with Crippen LogP contribution in [-0.4, -0.2) is 46.3 Å². The van der Waals surface area contributed by atoms with Crippen molar-refractivity contribution < 1.29 is 24.2 Å². The van der Waals surface area contributed by atoms with Crippen molar-refractivity contribution in [2.75, 3.05) is 25.2 Å². The van der Waals surface area contributed by atoms with E-state index in [1.54, 1.807) is 25.3 Å². The summed E-state index contributed by atoms with van der Waals surface area (Å²) < 4.78 is 10.1. The van der Waals surface area contributed by atoms with Gasteiger partial charge in [-0.25, -0.2) is 4.79 Å². The summed E-state index contributed by atoms with van der Waals surface area (Å²) in [6.45, 7) is 2.82. The average Bonchev–Trinajstić information content (AvgIpc) is 2.82. The van der Waals surface area contributed by atoms with Gasteiger partial charge in [0, 0.05) is 18.5 Å². The SMILES string of the molecule is CCCOc1ccc(C(=O)NCc2cc(CC3(C(=O)O)SCCCS3)ccc2OC)c(Cl)c1. The molecule has 1 amide bonds. The monoisotopic (exact) mass is 509 g/mol. The van der Waals surface area contributed by atoms with Gasteiger partial charge >= 0.3 is 5.97 Å². The molecule has 0 atom stereocenters. The number of ether oxygens (including phenoxy) is 2. The van der Waals surface area contributed by atoms with Gasteiger partial charge < -0.3 is 19.9 Å². The van der Waals surface area contributed by atoms with Crippen molar-refractivity contribution in [2.24, 2.45) is 0 Å². The van der Waals surface area contributed by atoms with Crippen LogP contribution in [0, 0.1) is 0 Å². The smallest absolute Gasteiger partial charge is 0.330 e. The first kappa shape index (κ1) is 25.6.